The second-order valence-electron chi connectivity index (χ2n) is 5.54. The van der Waals surface area contributed by atoms with E-state index in [-0.39, 0.29) is 6.10 Å². The van der Waals surface area contributed by atoms with Crippen molar-refractivity contribution in [2.45, 2.75) is 76.0 Å². The van der Waals surface area contributed by atoms with Gasteiger partial charge in [-0.3, -0.25) is 0 Å². The lowest BCUT2D eigenvalue weighted by molar-refractivity contribution is 0.0241. The maximum atomic E-state index is 9.81. The molecule has 2 rings (SSSR count). The van der Waals surface area contributed by atoms with Crippen molar-refractivity contribution in [1.82, 2.24) is 5.32 Å². The molecular weight excluding hydrogens is 214 g/mol. The number of aliphatic hydroxyl groups excluding tert-OH is 1. The van der Waals surface area contributed by atoms with Crippen LogP contribution in [0.15, 0.2) is 0 Å². The second-order valence-corrected chi connectivity index (χ2v) is 5.54. The Hall–Kier alpha value is -0.120. The third-order valence-corrected chi connectivity index (χ3v) is 4.14. The number of hydrogen-bond donors (Lipinski definition) is 2. The summed E-state index contributed by atoms with van der Waals surface area (Å²) in [6.07, 6.45) is 11.4. The molecule has 2 saturated carbocycles. The van der Waals surface area contributed by atoms with Gasteiger partial charge in [0.15, 0.2) is 0 Å². The van der Waals surface area contributed by atoms with Crippen LogP contribution in [0, 0.1) is 0 Å². The van der Waals surface area contributed by atoms with Gasteiger partial charge in [-0.1, -0.05) is 32.1 Å². The Kier molecular flexibility index (Phi) is 5.75. The van der Waals surface area contributed by atoms with Crippen molar-refractivity contribution in [3.63, 3.8) is 0 Å². The van der Waals surface area contributed by atoms with Crippen LogP contribution in [0.25, 0.3) is 0 Å². The molecule has 0 aromatic heterocycles. The zero-order valence-electron chi connectivity index (χ0n) is 10.9. The predicted octanol–water partition coefficient (Wildman–Crippen LogP) is 2.23. The summed E-state index contributed by atoms with van der Waals surface area (Å²) in [5.41, 5.74) is 0. The molecule has 3 heteroatoms. The lowest BCUT2D eigenvalue weighted by Gasteiger charge is -2.29. The third kappa shape index (κ3) is 4.57. The fraction of sp³-hybridized carbons (Fsp3) is 1.00. The first-order chi connectivity index (χ1) is 8.36. The topological polar surface area (TPSA) is 41.5 Å². The van der Waals surface area contributed by atoms with Crippen molar-refractivity contribution >= 4 is 0 Å². The average molecular weight is 241 g/mol. The Bertz CT molecular complexity index is 204. The number of rotatable bonds is 5. The smallest absolute Gasteiger partial charge is 0.0693 e. The van der Waals surface area contributed by atoms with Gasteiger partial charge in [0.1, 0.15) is 0 Å². The van der Waals surface area contributed by atoms with Crippen LogP contribution in [-0.4, -0.2) is 36.5 Å². The molecule has 0 aromatic rings. The quantitative estimate of drug-likeness (QED) is 0.725. The van der Waals surface area contributed by atoms with Crippen LogP contribution in [0.1, 0.15) is 57.8 Å². The maximum absolute atomic E-state index is 9.81. The van der Waals surface area contributed by atoms with E-state index in [0.717, 1.165) is 26.0 Å². The van der Waals surface area contributed by atoms with Gasteiger partial charge < -0.3 is 15.2 Å². The molecule has 2 aliphatic carbocycles. The van der Waals surface area contributed by atoms with E-state index in [0.29, 0.717) is 12.1 Å². The van der Waals surface area contributed by atoms with Crippen LogP contribution in [0.4, 0.5) is 0 Å². The highest BCUT2D eigenvalue weighted by molar-refractivity contribution is 4.80. The molecule has 0 radical (unpaired) electrons. The maximum Gasteiger partial charge on any atom is 0.0693 e. The van der Waals surface area contributed by atoms with E-state index in [2.05, 4.69) is 5.32 Å². The van der Waals surface area contributed by atoms with E-state index in [1.807, 2.05) is 0 Å². The number of ether oxygens (including phenoxy) is 1. The first-order valence-electron chi connectivity index (χ1n) is 7.39. The summed E-state index contributed by atoms with van der Waals surface area (Å²) >= 11 is 0. The molecule has 0 amide bonds. The zero-order chi connectivity index (χ0) is 11.9. The van der Waals surface area contributed by atoms with E-state index < -0.39 is 0 Å². The van der Waals surface area contributed by atoms with Crippen molar-refractivity contribution in [3.05, 3.63) is 0 Å². The summed E-state index contributed by atoms with van der Waals surface area (Å²) < 4.78 is 5.87. The Morgan fingerprint density at radius 2 is 1.65 bits per heavy atom. The van der Waals surface area contributed by atoms with Gasteiger partial charge in [-0.15, -0.1) is 0 Å². The summed E-state index contributed by atoms with van der Waals surface area (Å²) in [4.78, 5) is 0. The summed E-state index contributed by atoms with van der Waals surface area (Å²) in [5, 5.41) is 13.2. The molecule has 0 unspecified atom stereocenters. The minimum atomic E-state index is -0.140. The van der Waals surface area contributed by atoms with E-state index in [4.69, 9.17) is 4.74 Å². The molecule has 2 fully saturated rings. The van der Waals surface area contributed by atoms with Gasteiger partial charge in [0.25, 0.3) is 0 Å². The van der Waals surface area contributed by atoms with Crippen molar-refractivity contribution in [1.29, 1.82) is 0 Å². The highest BCUT2D eigenvalue weighted by Crippen LogP contribution is 2.20. The Morgan fingerprint density at radius 1 is 0.941 bits per heavy atom. The van der Waals surface area contributed by atoms with Gasteiger partial charge in [0, 0.05) is 12.6 Å². The van der Waals surface area contributed by atoms with Crippen LogP contribution < -0.4 is 5.32 Å². The number of aliphatic hydroxyl groups is 1. The van der Waals surface area contributed by atoms with Crippen molar-refractivity contribution in [3.8, 4) is 0 Å². The highest BCUT2D eigenvalue weighted by atomic mass is 16.5. The summed E-state index contributed by atoms with van der Waals surface area (Å²) in [7, 11) is 0. The zero-order valence-corrected chi connectivity index (χ0v) is 10.9. The standard InChI is InChI=1S/C14H27NO2/c16-14-9-5-4-8-13(14)15-10-11-17-12-6-2-1-3-7-12/h12-16H,1-11H2/t13-,14-/m1/s1. The highest BCUT2D eigenvalue weighted by Gasteiger charge is 2.22. The lowest BCUT2D eigenvalue weighted by Crippen LogP contribution is -2.43. The van der Waals surface area contributed by atoms with Gasteiger partial charge in [0.05, 0.1) is 18.8 Å². The predicted molar refractivity (Wildman–Crippen MR) is 69.1 cm³/mol. The van der Waals surface area contributed by atoms with Crippen LogP contribution >= 0.6 is 0 Å². The molecule has 17 heavy (non-hydrogen) atoms. The lowest BCUT2D eigenvalue weighted by atomic mass is 9.93. The molecule has 0 spiro atoms. The first kappa shape index (κ1) is 13.3. The third-order valence-electron chi connectivity index (χ3n) is 4.14. The van der Waals surface area contributed by atoms with E-state index >= 15 is 0 Å². The minimum Gasteiger partial charge on any atom is -0.392 e. The SMILES string of the molecule is O[C@@H]1CCCC[C@H]1NCCOC1CCCCC1. The Balaban J connectivity index is 1.53. The largest absolute Gasteiger partial charge is 0.392 e. The van der Waals surface area contributed by atoms with Crippen LogP contribution in [0.2, 0.25) is 0 Å². The van der Waals surface area contributed by atoms with Crippen LogP contribution in [0.5, 0.6) is 0 Å². The molecule has 3 nitrogen and oxygen atoms in total. The number of nitrogens with one attached hydrogen (secondary N) is 1. The van der Waals surface area contributed by atoms with Crippen molar-refractivity contribution in [2.24, 2.45) is 0 Å². The molecule has 2 atom stereocenters. The molecule has 0 aliphatic heterocycles. The van der Waals surface area contributed by atoms with E-state index in [1.54, 1.807) is 0 Å². The van der Waals surface area contributed by atoms with Crippen molar-refractivity contribution < 1.29 is 9.84 Å². The van der Waals surface area contributed by atoms with Gasteiger partial charge in [-0.05, 0) is 25.7 Å². The van der Waals surface area contributed by atoms with Crippen LogP contribution in [0.3, 0.4) is 0 Å². The van der Waals surface area contributed by atoms with E-state index in [9.17, 15) is 5.11 Å². The molecule has 100 valence electrons. The van der Waals surface area contributed by atoms with Gasteiger partial charge in [-0.25, -0.2) is 0 Å². The Labute approximate surface area is 105 Å². The summed E-state index contributed by atoms with van der Waals surface area (Å²) in [5.74, 6) is 0. The van der Waals surface area contributed by atoms with Gasteiger partial charge >= 0.3 is 0 Å². The van der Waals surface area contributed by atoms with Crippen LogP contribution in [-0.2, 0) is 4.74 Å². The normalized spacial score (nSPS) is 31.6. The fourth-order valence-electron chi connectivity index (χ4n) is 3.05. The summed E-state index contributed by atoms with van der Waals surface area (Å²) in [6, 6.07) is 0.304. The summed E-state index contributed by atoms with van der Waals surface area (Å²) in [6.45, 7) is 1.69. The first-order valence-corrected chi connectivity index (χ1v) is 7.39. The number of hydrogen-bond acceptors (Lipinski definition) is 3. The molecule has 0 heterocycles. The van der Waals surface area contributed by atoms with Gasteiger partial charge in [-0.2, -0.15) is 0 Å². The van der Waals surface area contributed by atoms with E-state index in [1.165, 1.54) is 44.9 Å². The van der Waals surface area contributed by atoms with Gasteiger partial charge in [0.2, 0.25) is 0 Å². The van der Waals surface area contributed by atoms with Crippen molar-refractivity contribution in [2.75, 3.05) is 13.2 Å². The Morgan fingerprint density at radius 3 is 2.41 bits per heavy atom. The average Bonchev–Trinajstić information content (AvgIpc) is 2.38. The second kappa shape index (κ2) is 7.34. The molecule has 0 bridgehead atoms. The molecule has 0 saturated heterocycles. The molecule has 2 aliphatic rings. The fourth-order valence-corrected chi connectivity index (χ4v) is 3.05. The monoisotopic (exact) mass is 241 g/mol. The minimum absolute atomic E-state index is 0.140. The molecule has 0 aromatic carbocycles. The molecule has 2 N–H and O–H groups in total. The molecular formula is C14H27NO2.